The van der Waals surface area contributed by atoms with E-state index >= 15 is 0 Å². The van der Waals surface area contributed by atoms with Crippen LogP contribution in [-0.2, 0) is 4.74 Å². The van der Waals surface area contributed by atoms with Crippen LogP contribution in [0.1, 0.15) is 50.5 Å². The zero-order chi connectivity index (χ0) is 14.7. The van der Waals surface area contributed by atoms with Crippen molar-refractivity contribution in [3.05, 3.63) is 29.8 Å². The van der Waals surface area contributed by atoms with E-state index in [1.165, 1.54) is 19.3 Å². The molecule has 0 amide bonds. The normalized spacial score (nSPS) is 24.7. The maximum absolute atomic E-state index is 7.66. The standard InChI is InChI=1S/C17H24N2O2/c18-16(19)14-6-2-3-7-15(14)21-13-8-11-20-17(12-13)9-4-1-5-10-17/h2-3,6-7,13H,1,4-5,8-12H2,(H3,18,19). The lowest BCUT2D eigenvalue weighted by Gasteiger charge is -2.43. The van der Waals surface area contributed by atoms with Crippen LogP contribution >= 0.6 is 0 Å². The summed E-state index contributed by atoms with van der Waals surface area (Å²) in [5.41, 5.74) is 6.35. The molecule has 3 N–H and O–H groups in total. The smallest absolute Gasteiger partial charge is 0.130 e. The van der Waals surface area contributed by atoms with E-state index in [1.807, 2.05) is 24.3 Å². The Morgan fingerprint density at radius 1 is 1.24 bits per heavy atom. The molecule has 1 aromatic rings. The molecule has 2 aliphatic rings. The zero-order valence-corrected chi connectivity index (χ0v) is 12.4. The minimum absolute atomic E-state index is 0.0341. The number of hydrogen-bond acceptors (Lipinski definition) is 3. The Morgan fingerprint density at radius 2 is 2.00 bits per heavy atom. The SMILES string of the molecule is N=C(N)c1ccccc1OC1CCOC2(CCCCC2)C1. The molecular weight excluding hydrogens is 264 g/mol. The van der Waals surface area contributed by atoms with Gasteiger partial charge in [-0.3, -0.25) is 5.41 Å². The number of nitrogen functional groups attached to an aromatic ring is 1. The highest BCUT2D eigenvalue weighted by Gasteiger charge is 2.39. The molecule has 21 heavy (non-hydrogen) atoms. The van der Waals surface area contributed by atoms with Crippen LogP contribution in [0.25, 0.3) is 0 Å². The highest BCUT2D eigenvalue weighted by molar-refractivity contribution is 5.97. The van der Waals surface area contributed by atoms with Gasteiger partial charge in [0.15, 0.2) is 0 Å². The third-order valence-electron chi connectivity index (χ3n) is 4.68. The van der Waals surface area contributed by atoms with Crippen molar-refractivity contribution in [1.29, 1.82) is 5.41 Å². The van der Waals surface area contributed by atoms with Gasteiger partial charge in [0.05, 0.1) is 17.8 Å². The van der Waals surface area contributed by atoms with Crippen LogP contribution in [0.4, 0.5) is 0 Å². The van der Waals surface area contributed by atoms with Gasteiger partial charge in [-0.2, -0.15) is 0 Å². The second kappa shape index (κ2) is 6.06. The lowest BCUT2D eigenvalue weighted by molar-refractivity contribution is -0.129. The first-order chi connectivity index (χ1) is 10.2. The van der Waals surface area contributed by atoms with Crippen molar-refractivity contribution >= 4 is 5.84 Å². The third kappa shape index (κ3) is 3.21. The Labute approximate surface area is 126 Å². The number of rotatable bonds is 3. The van der Waals surface area contributed by atoms with E-state index in [9.17, 15) is 0 Å². The number of nitrogens with one attached hydrogen (secondary N) is 1. The number of ether oxygens (including phenoxy) is 2. The number of benzene rings is 1. The summed E-state index contributed by atoms with van der Waals surface area (Å²) in [6.07, 6.45) is 8.19. The summed E-state index contributed by atoms with van der Waals surface area (Å²) in [7, 11) is 0. The third-order valence-corrected chi connectivity index (χ3v) is 4.68. The fourth-order valence-electron chi connectivity index (χ4n) is 3.60. The van der Waals surface area contributed by atoms with Gasteiger partial charge in [0, 0.05) is 12.8 Å². The summed E-state index contributed by atoms with van der Waals surface area (Å²) in [5.74, 6) is 0.785. The van der Waals surface area contributed by atoms with E-state index in [0.29, 0.717) is 5.56 Å². The molecule has 1 unspecified atom stereocenters. The molecule has 0 bridgehead atoms. The second-order valence-corrected chi connectivity index (χ2v) is 6.23. The van der Waals surface area contributed by atoms with Crippen LogP contribution in [0, 0.1) is 5.41 Å². The van der Waals surface area contributed by atoms with E-state index in [4.69, 9.17) is 20.6 Å². The Hall–Kier alpha value is -1.55. The fourth-order valence-corrected chi connectivity index (χ4v) is 3.60. The molecule has 1 saturated carbocycles. The minimum atomic E-state index is 0.0341. The first kappa shape index (κ1) is 14.4. The predicted octanol–water partition coefficient (Wildman–Crippen LogP) is 3.23. The van der Waals surface area contributed by atoms with Crippen LogP contribution in [0.3, 0.4) is 0 Å². The Morgan fingerprint density at radius 3 is 2.76 bits per heavy atom. The molecule has 1 aliphatic carbocycles. The number of hydrogen-bond donors (Lipinski definition) is 2. The molecule has 0 radical (unpaired) electrons. The van der Waals surface area contributed by atoms with Gasteiger partial charge in [-0.1, -0.05) is 31.4 Å². The molecular formula is C17H24N2O2. The minimum Gasteiger partial charge on any atom is -0.489 e. The highest BCUT2D eigenvalue weighted by atomic mass is 16.5. The largest absolute Gasteiger partial charge is 0.489 e. The van der Waals surface area contributed by atoms with Gasteiger partial charge in [-0.05, 0) is 25.0 Å². The van der Waals surface area contributed by atoms with E-state index in [-0.39, 0.29) is 17.5 Å². The average molecular weight is 288 g/mol. The summed E-state index contributed by atoms with van der Waals surface area (Å²) in [6.45, 7) is 0.771. The summed E-state index contributed by atoms with van der Waals surface area (Å²) in [6, 6.07) is 7.56. The monoisotopic (exact) mass is 288 g/mol. The molecule has 1 spiro atoms. The van der Waals surface area contributed by atoms with Crippen molar-refractivity contribution in [2.24, 2.45) is 5.73 Å². The molecule has 1 aromatic carbocycles. The van der Waals surface area contributed by atoms with Gasteiger partial charge in [0.25, 0.3) is 0 Å². The molecule has 4 heteroatoms. The first-order valence-electron chi connectivity index (χ1n) is 7.93. The predicted molar refractivity (Wildman–Crippen MR) is 82.9 cm³/mol. The van der Waals surface area contributed by atoms with Gasteiger partial charge in [0.1, 0.15) is 17.7 Å². The fraction of sp³-hybridized carbons (Fsp3) is 0.588. The van der Waals surface area contributed by atoms with Gasteiger partial charge in [-0.15, -0.1) is 0 Å². The van der Waals surface area contributed by atoms with Crippen molar-refractivity contribution in [1.82, 2.24) is 0 Å². The number of para-hydroxylation sites is 1. The van der Waals surface area contributed by atoms with Crippen molar-refractivity contribution in [2.45, 2.75) is 56.7 Å². The van der Waals surface area contributed by atoms with Gasteiger partial charge < -0.3 is 15.2 Å². The van der Waals surface area contributed by atoms with Crippen LogP contribution in [0.2, 0.25) is 0 Å². The van der Waals surface area contributed by atoms with E-state index in [1.54, 1.807) is 0 Å². The second-order valence-electron chi connectivity index (χ2n) is 6.23. The molecule has 114 valence electrons. The molecule has 4 nitrogen and oxygen atoms in total. The summed E-state index contributed by atoms with van der Waals surface area (Å²) < 4.78 is 12.3. The molecule has 3 rings (SSSR count). The van der Waals surface area contributed by atoms with Crippen molar-refractivity contribution in [3.8, 4) is 5.75 Å². The van der Waals surface area contributed by atoms with Crippen LogP contribution in [-0.4, -0.2) is 24.1 Å². The molecule has 1 heterocycles. The molecule has 2 fully saturated rings. The van der Waals surface area contributed by atoms with Crippen molar-refractivity contribution in [2.75, 3.05) is 6.61 Å². The number of nitrogens with two attached hydrogens (primary N) is 1. The van der Waals surface area contributed by atoms with E-state index < -0.39 is 0 Å². The lowest BCUT2D eigenvalue weighted by atomic mass is 9.79. The van der Waals surface area contributed by atoms with Crippen LogP contribution in [0.15, 0.2) is 24.3 Å². The molecule has 0 aromatic heterocycles. The van der Waals surface area contributed by atoms with Gasteiger partial charge >= 0.3 is 0 Å². The Balaban J connectivity index is 1.71. The lowest BCUT2D eigenvalue weighted by Crippen LogP contribution is -2.45. The van der Waals surface area contributed by atoms with Crippen LogP contribution in [0.5, 0.6) is 5.75 Å². The quantitative estimate of drug-likeness (QED) is 0.662. The highest BCUT2D eigenvalue weighted by Crippen LogP contribution is 2.39. The van der Waals surface area contributed by atoms with Crippen molar-refractivity contribution < 1.29 is 9.47 Å². The zero-order valence-electron chi connectivity index (χ0n) is 12.4. The first-order valence-corrected chi connectivity index (χ1v) is 7.93. The molecule has 1 atom stereocenters. The topological polar surface area (TPSA) is 68.3 Å². The summed E-state index contributed by atoms with van der Waals surface area (Å²) >= 11 is 0. The maximum Gasteiger partial charge on any atom is 0.130 e. The molecule has 1 saturated heterocycles. The van der Waals surface area contributed by atoms with Gasteiger partial charge in [-0.25, -0.2) is 0 Å². The van der Waals surface area contributed by atoms with E-state index in [2.05, 4.69) is 0 Å². The summed E-state index contributed by atoms with van der Waals surface area (Å²) in [5, 5.41) is 7.66. The van der Waals surface area contributed by atoms with Crippen LogP contribution < -0.4 is 10.5 Å². The maximum atomic E-state index is 7.66. The van der Waals surface area contributed by atoms with Gasteiger partial charge in [0.2, 0.25) is 0 Å². The Bertz CT molecular complexity index is 504. The average Bonchev–Trinajstić information content (AvgIpc) is 2.48. The number of amidine groups is 1. The van der Waals surface area contributed by atoms with E-state index in [0.717, 1.165) is 38.0 Å². The summed E-state index contributed by atoms with van der Waals surface area (Å²) in [4.78, 5) is 0. The Kier molecular flexibility index (Phi) is 4.15. The van der Waals surface area contributed by atoms with Crippen molar-refractivity contribution in [3.63, 3.8) is 0 Å². The molecule has 1 aliphatic heterocycles.